The summed E-state index contributed by atoms with van der Waals surface area (Å²) in [5, 5.41) is 0. The Morgan fingerprint density at radius 2 is 1.70 bits per heavy atom. The SMILES string of the molecule is COc1ccc(S(=O)(=O)NC2CCC(N)CC2)cc1.Cl. The number of halogens is 1. The van der Waals surface area contributed by atoms with E-state index in [0.29, 0.717) is 5.75 Å². The van der Waals surface area contributed by atoms with Crippen LogP contribution in [0.4, 0.5) is 0 Å². The highest BCUT2D eigenvalue weighted by Gasteiger charge is 2.24. The van der Waals surface area contributed by atoms with E-state index in [4.69, 9.17) is 10.5 Å². The maximum atomic E-state index is 12.2. The molecule has 0 spiro atoms. The molecule has 5 nitrogen and oxygen atoms in total. The quantitative estimate of drug-likeness (QED) is 0.884. The molecular formula is C13H21ClN2O3S. The van der Waals surface area contributed by atoms with Crippen LogP contribution in [0.2, 0.25) is 0 Å². The highest BCUT2D eigenvalue weighted by molar-refractivity contribution is 7.89. The molecule has 0 radical (unpaired) electrons. The molecule has 0 amide bonds. The van der Waals surface area contributed by atoms with E-state index in [1.807, 2.05) is 0 Å². The molecule has 3 N–H and O–H groups in total. The molecule has 0 atom stereocenters. The normalized spacial score (nSPS) is 22.9. The number of sulfonamides is 1. The average molecular weight is 321 g/mol. The molecule has 0 saturated heterocycles. The summed E-state index contributed by atoms with van der Waals surface area (Å²) < 4.78 is 32.2. The summed E-state index contributed by atoms with van der Waals surface area (Å²) in [7, 11) is -1.90. The largest absolute Gasteiger partial charge is 0.497 e. The van der Waals surface area contributed by atoms with Crippen LogP contribution in [0.25, 0.3) is 0 Å². The Balaban J connectivity index is 0.00000200. The summed E-state index contributed by atoms with van der Waals surface area (Å²) in [6.45, 7) is 0. The van der Waals surface area contributed by atoms with E-state index >= 15 is 0 Å². The predicted octanol–water partition coefficient (Wildman–Crippen LogP) is 1.67. The molecule has 1 fully saturated rings. The van der Waals surface area contributed by atoms with Crippen molar-refractivity contribution in [1.29, 1.82) is 0 Å². The lowest BCUT2D eigenvalue weighted by Gasteiger charge is -2.26. The topological polar surface area (TPSA) is 81.4 Å². The van der Waals surface area contributed by atoms with Crippen molar-refractivity contribution >= 4 is 22.4 Å². The van der Waals surface area contributed by atoms with E-state index in [1.54, 1.807) is 31.4 Å². The van der Waals surface area contributed by atoms with Crippen molar-refractivity contribution in [3.63, 3.8) is 0 Å². The summed E-state index contributed by atoms with van der Waals surface area (Å²) in [6, 6.07) is 6.59. The fourth-order valence-electron chi connectivity index (χ4n) is 2.28. The van der Waals surface area contributed by atoms with Gasteiger partial charge in [-0.2, -0.15) is 0 Å². The molecule has 1 aromatic carbocycles. The van der Waals surface area contributed by atoms with Crippen LogP contribution in [0.3, 0.4) is 0 Å². The molecule has 0 unspecified atom stereocenters. The van der Waals surface area contributed by atoms with Crippen molar-refractivity contribution < 1.29 is 13.2 Å². The Kier molecular flexibility index (Phi) is 6.26. The van der Waals surface area contributed by atoms with Crippen molar-refractivity contribution in [3.05, 3.63) is 24.3 Å². The number of nitrogens with one attached hydrogen (secondary N) is 1. The highest BCUT2D eigenvalue weighted by atomic mass is 35.5. The van der Waals surface area contributed by atoms with Crippen LogP contribution < -0.4 is 15.2 Å². The monoisotopic (exact) mass is 320 g/mol. The van der Waals surface area contributed by atoms with Gasteiger partial charge in [-0.25, -0.2) is 13.1 Å². The van der Waals surface area contributed by atoms with Crippen LogP contribution in [-0.2, 0) is 10.0 Å². The van der Waals surface area contributed by atoms with Crippen LogP contribution in [0.5, 0.6) is 5.75 Å². The van der Waals surface area contributed by atoms with Gasteiger partial charge in [-0.15, -0.1) is 12.4 Å². The zero-order valence-corrected chi connectivity index (χ0v) is 13.0. The molecular weight excluding hydrogens is 300 g/mol. The minimum absolute atomic E-state index is 0. The zero-order chi connectivity index (χ0) is 13.9. The second-order valence-electron chi connectivity index (χ2n) is 4.91. The van der Waals surface area contributed by atoms with Crippen molar-refractivity contribution in [3.8, 4) is 5.75 Å². The van der Waals surface area contributed by atoms with Gasteiger partial charge in [-0.1, -0.05) is 0 Å². The van der Waals surface area contributed by atoms with E-state index < -0.39 is 10.0 Å². The Labute approximate surface area is 126 Å². The molecule has 0 aromatic heterocycles. The number of ether oxygens (including phenoxy) is 1. The molecule has 7 heteroatoms. The summed E-state index contributed by atoms with van der Waals surface area (Å²) >= 11 is 0. The van der Waals surface area contributed by atoms with Gasteiger partial charge in [0.2, 0.25) is 10.0 Å². The number of methoxy groups -OCH3 is 1. The standard InChI is InChI=1S/C13H20N2O3S.ClH/c1-18-12-6-8-13(9-7-12)19(16,17)15-11-4-2-10(14)3-5-11;/h6-11,15H,2-5,14H2,1H3;1H. The van der Waals surface area contributed by atoms with Gasteiger partial charge in [0.25, 0.3) is 0 Å². The van der Waals surface area contributed by atoms with Crippen molar-refractivity contribution in [2.24, 2.45) is 5.73 Å². The first-order valence-electron chi connectivity index (χ1n) is 6.43. The first-order chi connectivity index (χ1) is 9.01. The lowest BCUT2D eigenvalue weighted by Crippen LogP contribution is -2.40. The van der Waals surface area contributed by atoms with E-state index in [0.717, 1.165) is 25.7 Å². The van der Waals surface area contributed by atoms with Crippen LogP contribution in [0.1, 0.15) is 25.7 Å². The van der Waals surface area contributed by atoms with Crippen molar-refractivity contribution in [2.45, 2.75) is 42.7 Å². The van der Waals surface area contributed by atoms with Gasteiger partial charge < -0.3 is 10.5 Å². The molecule has 2 rings (SSSR count). The van der Waals surface area contributed by atoms with E-state index in [9.17, 15) is 8.42 Å². The van der Waals surface area contributed by atoms with Gasteiger partial charge in [0.05, 0.1) is 12.0 Å². The second kappa shape index (κ2) is 7.26. The minimum atomic E-state index is -3.45. The third-order valence-electron chi connectivity index (χ3n) is 3.46. The van der Waals surface area contributed by atoms with E-state index in [-0.39, 0.29) is 29.4 Å². The lowest BCUT2D eigenvalue weighted by molar-refractivity contribution is 0.373. The number of nitrogens with two attached hydrogens (primary N) is 1. The van der Waals surface area contributed by atoms with Crippen molar-refractivity contribution in [2.75, 3.05) is 7.11 Å². The summed E-state index contributed by atoms with van der Waals surface area (Å²) in [5.41, 5.74) is 5.81. The molecule has 1 aliphatic carbocycles. The second-order valence-corrected chi connectivity index (χ2v) is 6.62. The summed E-state index contributed by atoms with van der Waals surface area (Å²) in [6.07, 6.45) is 3.35. The third-order valence-corrected chi connectivity index (χ3v) is 5.00. The molecule has 0 aliphatic heterocycles. The lowest BCUT2D eigenvalue weighted by atomic mass is 9.93. The van der Waals surface area contributed by atoms with E-state index in [1.165, 1.54) is 0 Å². The summed E-state index contributed by atoms with van der Waals surface area (Å²) in [5.74, 6) is 0.641. The molecule has 1 aliphatic rings. The molecule has 114 valence electrons. The maximum absolute atomic E-state index is 12.2. The molecule has 20 heavy (non-hydrogen) atoms. The number of hydrogen-bond donors (Lipinski definition) is 2. The average Bonchev–Trinajstić information content (AvgIpc) is 2.41. The first kappa shape index (κ1) is 17.2. The first-order valence-corrected chi connectivity index (χ1v) is 7.91. The Morgan fingerprint density at radius 1 is 1.15 bits per heavy atom. The van der Waals surface area contributed by atoms with Gasteiger partial charge >= 0.3 is 0 Å². The van der Waals surface area contributed by atoms with Crippen LogP contribution in [0.15, 0.2) is 29.2 Å². The molecule has 0 bridgehead atoms. The van der Waals surface area contributed by atoms with Gasteiger partial charge in [-0.3, -0.25) is 0 Å². The Morgan fingerprint density at radius 3 is 2.20 bits per heavy atom. The number of rotatable bonds is 4. The minimum Gasteiger partial charge on any atom is -0.497 e. The van der Waals surface area contributed by atoms with Gasteiger partial charge in [0, 0.05) is 12.1 Å². The zero-order valence-electron chi connectivity index (χ0n) is 11.4. The molecule has 1 aromatic rings. The fraction of sp³-hybridized carbons (Fsp3) is 0.538. The third kappa shape index (κ3) is 4.34. The molecule has 1 saturated carbocycles. The number of benzene rings is 1. The highest BCUT2D eigenvalue weighted by Crippen LogP contribution is 2.20. The van der Waals surface area contributed by atoms with Gasteiger partial charge in [-0.05, 0) is 49.9 Å². The van der Waals surface area contributed by atoms with Gasteiger partial charge in [0.1, 0.15) is 5.75 Å². The predicted molar refractivity (Wildman–Crippen MR) is 80.8 cm³/mol. The van der Waals surface area contributed by atoms with Crippen LogP contribution >= 0.6 is 12.4 Å². The fourth-order valence-corrected chi connectivity index (χ4v) is 3.58. The smallest absolute Gasteiger partial charge is 0.240 e. The van der Waals surface area contributed by atoms with E-state index in [2.05, 4.69) is 4.72 Å². The Hall–Kier alpha value is -0.820. The maximum Gasteiger partial charge on any atom is 0.240 e. The van der Waals surface area contributed by atoms with Crippen LogP contribution in [-0.4, -0.2) is 27.6 Å². The summed E-state index contributed by atoms with van der Waals surface area (Å²) in [4.78, 5) is 0.267. The molecule has 0 heterocycles. The van der Waals surface area contributed by atoms with Crippen molar-refractivity contribution in [1.82, 2.24) is 4.72 Å². The number of hydrogen-bond acceptors (Lipinski definition) is 4. The Bertz CT molecular complexity index is 511. The van der Waals surface area contributed by atoms with Gasteiger partial charge in [0.15, 0.2) is 0 Å². The van der Waals surface area contributed by atoms with Crippen LogP contribution in [0, 0.1) is 0 Å².